The largest absolute Gasteiger partial charge is 0.493 e. The first-order valence-electron chi connectivity index (χ1n) is 10.2. The molecule has 0 saturated carbocycles. The molecule has 0 bridgehead atoms. The van der Waals surface area contributed by atoms with Crippen LogP contribution in [0.5, 0.6) is 17.2 Å². The van der Waals surface area contributed by atoms with Gasteiger partial charge in [0.15, 0.2) is 17.6 Å². The molecule has 2 aromatic carbocycles. The Labute approximate surface area is 187 Å². The van der Waals surface area contributed by atoms with Crippen molar-refractivity contribution in [3.8, 4) is 23.3 Å². The number of rotatable bonds is 9. The minimum Gasteiger partial charge on any atom is -0.493 e. The molecule has 0 aliphatic carbocycles. The van der Waals surface area contributed by atoms with Gasteiger partial charge in [0.2, 0.25) is 0 Å². The fraction of sp³-hybridized carbons (Fsp3) is 0.240. The smallest absolute Gasteiger partial charge is 0.265 e. The number of nitriles is 1. The number of para-hydroxylation sites is 1. The number of ether oxygens (including phenoxy) is 3. The molecular formula is C25H25N3O4. The van der Waals surface area contributed by atoms with Crippen LogP contribution >= 0.6 is 0 Å². The van der Waals surface area contributed by atoms with Crippen LogP contribution in [0.25, 0.3) is 0 Å². The number of hydrogen-bond acceptors (Lipinski definition) is 6. The summed E-state index contributed by atoms with van der Waals surface area (Å²) in [5, 5.41) is 12.2. The third-order valence-corrected chi connectivity index (χ3v) is 4.70. The summed E-state index contributed by atoms with van der Waals surface area (Å²) in [4.78, 5) is 17.0. The summed E-state index contributed by atoms with van der Waals surface area (Å²) in [6.45, 7) is 4.10. The molecule has 7 nitrogen and oxygen atoms in total. The molecular weight excluding hydrogens is 406 g/mol. The molecule has 0 radical (unpaired) electrons. The highest BCUT2D eigenvalue weighted by atomic mass is 16.5. The van der Waals surface area contributed by atoms with E-state index in [0.717, 1.165) is 5.56 Å². The van der Waals surface area contributed by atoms with Crippen molar-refractivity contribution in [2.24, 2.45) is 5.92 Å². The molecule has 3 rings (SSSR count). The topological polar surface area (TPSA) is 93.5 Å². The van der Waals surface area contributed by atoms with Crippen LogP contribution in [0.4, 0.5) is 5.69 Å². The second-order valence-corrected chi connectivity index (χ2v) is 7.39. The zero-order chi connectivity index (χ0) is 22.9. The number of aromatic nitrogens is 1. The maximum absolute atomic E-state index is 13.0. The summed E-state index contributed by atoms with van der Waals surface area (Å²) < 4.78 is 17.2. The minimum absolute atomic E-state index is 0.123. The van der Waals surface area contributed by atoms with Crippen LogP contribution in [0, 0.1) is 17.2 Å². The molecule has 1 aromatic heterocycles. The first-order chi connectivity index (χ1) is 15.5. The molecule has 164 valence electrons. The Kier molecular flexibility index (Phi) is 7.65. The van der Waals surface area contributed by atoms with E-state index in [1.54, 1.807) is 62.0 Å². The molecule has 1 atom stereocenters. The molecule has 1 amide bonds. The van der Waals surface area contributed by atoms with E-state index in [1.807, 2.05) is 26.0 Å². The van der Waals surface area contributed by atoms with Gasteiger partial charge in [-0.2, -0.15) is 5.26 Å². The van der Waals surface area contributed by atoms with Gasteiger partial charge in [0, 0.05) is 24.1 Å². The minimum atomic E-state index is -0.784. The second kappa shape index (κ2) is 10.8. The van der Waals surface area contributed by atoms with Gasteiger partial charge in [-0.05, 0) is 47.9 Å². The molecule has 0 spiro atoms. The first-order valence-corrected chi connectivity index (χ1v) is 10.2. The van der Waals surface area contributed by atoms with Gasteiger partial charge in [0.25, 0.3) is 5.91 Å². The average Bonchev–Trinajstić information content (AvgIpc) is 2.82. The molecule has 1 N–H and O–H groups in total. The summed E-state index contributed by atoms with van der Waals surface area (Å²) in [5.74, 6) is 0.982. The van der Waals surface area contributed by atoms with E-state index in [9.17, 15) is 10.1 Å². The zero-order valence-corrected chi connectivity index (χ0v) is 18.2. The summed E-state index contributed by atoms with van der Waals surface area (Å²) in [6.07, 6.45) is 2.61. The maximum atomic E-state index is 13.0. The van der Waals surface area contributed by atoms with Gasteiger partial charge in [0.05, 0.1) is 12.7 Å². The number of carbonyl (C=O) groups is 1. The van der Waals surface area contributed by atoms with Crippen LogP contribution < -0.4 is 19.5 Å². The fourth-order valence-corrected chi connectivity index (χ4v) is 3.01. The second-order valence-electron chi connectivity index (χ2n) is 7.39. The predicted octanol–water partition coefficient (Wildman–Crippen LogP) is 4.58. The lowest BCUT2D eigenvalue weighted by Crippen LogP contribution is -2.37. The Morgan fingerprint density at radius 1 is 1.06 bits per heavy atom. The number of methoxy groups -OCH3 is 1. The number of carbonyl (C=O) groups excluding carboxylic acids is 1. The molecule has 32 heavy (non-hydrogen) atoms. The number of pyridine rings is 1. The van der Waals surface area contributed by atoms with Crippen molar-refractivity contribution in [3.63, 3.8) is 0 Å². The fourth-order valence-electron chi connectivity index (χ4n) is 3.01. The standard InChI is InChI=1S/C25H25N3O4/c1-17(2)24(32-21-7-5-4-6-19(21)15-26)25(29)28-20-8-9-22(30-3)23(14-20)31-16-18-10-12-27-13-11-18/h4-14,17,24H,16H2,1-3H3,(H,28,29). The highest BCUT2D eigenvalue weighted by Gasteiger charge is 2.25. The maximum Gasteiger partial charge on any atom is 0.265 e. The van der Waals surface area contributed by atoms with Gasteiger partial charge in [-0.1, -0.05) is 26.0 Å². The third-order valence-electron chi connectivity index (χ3n) is 4.70. The summed E-state index contributed by atoms with van der Waals surface area (Å²) in [5.41, 5.74) is 1.88. The predicted molar refractivity (Wildman–Crippen MR) is 121 cm³/mol. The summed E-state index contributed by atoms with van der Waals surface area (Å²) in [7, 11) is 1.56. The molecule has 1 heterocycles. The van der Waals surface area contributed by atoms with E-state index in [0.29, 0.717) is 35.1 Å². The van der Waals surface area contributed by atoms with E-state index < -0.39 is 6.10 Å². The van der Waals surface area contributed by atoms with Crippen LogP contribution in [-0.4, -0.2) is 24.1 Å². The Morgan fingerprint density at radius 3 is 2.50 bits per heavy atom. The van der Waals surface area contributed by atoms with Gasteiger partial charge < -0.3 is 19.5 Å². The zero-order valence-electron chi connectivity index (χ0n) is 18.2. The number of amides is 1. The number of hydrogen-bond donors (Lipinski definition) is 1. The summed E-state index contributed by atoms with van der Waals surface area (Å²) in [6, 6.07) is 17.8. The quantitative estimate of drug-likeness (QED) is 0.533. The molecule has 0 aliphatic heterocycles. The number of nitrogens with one attached hydrogen (secondary N) is 1. The SMILES string of the molecule is COc1ccc(NC(=O)C(Oc2ccccc2C#N)C(C)C)cc1OCc1ccncc1. The van der Waals surface area contributed by atoms with E-state index in [1.165, 1.54) is 0 Å². The van der Waals surface area contributed by atoms with E-state index in [2.05, 4.69) is 16.4 Å². The normalized spacial score (nSPS) is 11.3. The van der Waals surface area contributed by atoms with E-state index in [-0.39, 0.29) is 11.8 Å². The Morgan fingerprint density at radius 2 is 1.81 bits per heavy atom. The number of nitrogens with zero attached hydrogens (tertiary/aromatic N) is 2. The van der Waals surface area contributed by atoms with Crippen LogP contribution in [0.1, 0.15) is 25.0 Å². The molecule has 0 saturated heterocycles. The molecule has 0 fully saturated rings. The Bertz CT molecular complexity index is 1090. The van der Waals surface area contributed by atoms with Crippen molar-refractivity contribution in [1.82, 2.24) is 4.98 Å². The average molecular weight is 431 g/mol. The van der Waals surface area contributed by atoms with Gasteiger partial charge in [0.1, 0.15) is 18.4 Å². The van der Waals surface area contributed by atoms with Gasteiger partial charge in [-0.3, -0.25) is 9.78 Å². The lowest BCUT2D eigenvalue weighted by atomic mass is 10.1. The molecule has 1 unspecified atom stereocenters. The number of benzene rings is 2. The lowest BCUT2D eigenvalue weighted by Gasteiger charge is -2.22. The number of anilines is 1. The molecule has 3 aromatic rings. The third kappa shape index (κ3) is 5.76. The van der Waals surface area contributed by atoms with Gasteiger partial charge in [-0.15, -0.1) is 0 Å². The molecule has 7 heteroatoms. The monoisotopic (exact) mass is 431 g/mol. The Balaban J connectivity index is 1.75. The first kappa shape index (κ1) is 22.6. The van der Waals surface area contributed by atoms with Crippen LogP contribution in [0.15, 0.2) is 67.0 Å². The van der Waals surface area contributed by atoms with Crippen LogP contribution in [0.3, 0.4) is 0 Å². The van der Waals surface area contributed by atoms with Crippen LogP contribution in [-0.2, 0) is 11.4 Å². The van der Waals surface area contributed by atoms with E-state index in [4.69, 9.17) is 14.2 Å². The van der Waals surface area contributed by atoms with Gasteiger partial charge in [-0.25, -0.2) is 0 Å². The Hall–Kier alpha value is -4.05. The van der Waals surface area contributed by atoms with Gasteiger partial charge >= 0.3 is 0 Å². The lowest BCUT2D eigenvalue weighted by molar-refractivity contribution is -0.124. The molecule has 0 aliphatic rings. The summed E-state index contributed by atoms with van der Waals surface area (Å²) >= 11 is 0. The van der Waals surface area contributed by atoms with Crippen molar-refractivity contribution in [2.75, 3.05) is 12.4 Å². The van der Waals surface area contributed by atoms with Crippen molar-refractivity contribution in [1.29, 1.82) is 5.26 Å². The van der Waals surface area contributed by atoms with Crippen molar-refractivity contribution in [3.05, 3.63) is 78.1 Å². The van der Waals surface area contributed by atoms with Crippen molar-refractivity contribution >= 4 is 11.6 Å². The van der Waals surface area contributed by atoms with E-state index >= 15 is 0 Å². The highest BCUT2D eigenvalue weighted by molar-refractivity contribution is 5.95. The van der Waals surface area contributed by atoms with Crippen molar-refractivity contribution in [2.45, 2.75) is 26.6 Å². The highest BCUT2D eigenvalue weighted by Crippen LogP contribution is 2.31. The van der Waals surface area contributed by atoms with Crippen molar-refractivity contribution < 1.29 is 19.0 Å². The van der Waals surface area contributed by atoms with Crippen LogP contribution in [0.2, 0.25) is 0 Å².